The molecule has 148 valence electrons. The molecule has 1 amide bonds. The van der Waals surface area contributed by atoms with E-state index in [1.807, 2.05) is 13.8 Å². The number of nitrogens with zero attached hydrogens (tertiary/aromatic N) is 1. The van der Waals surface area contributed by atoms with E-state index in [9.17, 15) is 14.7 Å². The first kappa shape index (κ1) is 20.8. The first-order valence-electron chi connectivity index (χ1n) is 9.27. The van der Waals surface area contributed by atoms with Crippen LogP contribution < -0.4 is 15.6 Å². The lowest BCUT2D eigenvalue weighted by molar-refractivity contribution is 0.193. The van der Waals surface area contributed by atoms with Gasteiger partial charge < -0.3 is 24.8 Å². The van der Waals surface area contributed by atoms with Gasteiger partial charge in [-0.15, -0.1) is 0 Å². The molecule has 0 aliphatic carbocycles. The van der Waals surface area contributed by atoms with Crippen LogP contribution in [0.15, 0.2) is 23.0 Å². The SMILES string of the molecule is CCCCOc1c(CNC(=O)O)n(CC(C)C)c(=O)c2ccc(CO)cc12. The number of aromatic nitrogens is 1. The fourth-order valence-corrected chi connectivity index (χ4v) is 2.98. The van der Waals surface area contributed by atoms with Crippen LogP contribution in [0.4, 0.5) is 4.79 Å². The largest absolute Gasteiger partial charge is 0.491 e. The second kappa shape index (κ2) is 9.41. The molecule has 0 aliphatic rings. The minimum Gasteiger partial charge on any atom is -0.491 e. The molecule has 0 spiro atoms. The standard InChI is InChI=1S/C20H28N2O5/c1-4-5-8-27-18-16-9-14(12-23)6-7-15(16)19(24)22(11-13(2)3)17(18)10-21-20(25)26/h6-7,9,13,21,23H,4-5,8,10-12H2,1-3H3,(H,25,26). The van der Waals surface area contributed by atoms with Crippen molar-refractivity contribution in [3.8, 4) is 5.75 Å². The number of benzene rings is 1. The number of pyridine rings is 1. The molecule has 1 aromatic carbocycles. The summed E-state index contributed by atoms with van der Waals surface area (Å²) >= 11 is 0. The van der Waals surface area contributed by atoms with Gasteiger partial charge in [0.05, 0.1) is 30.8 Å². The van der Waals surface area contributed by atoms with Gasteiger partial charge in [0.1, 0.15) is 5.75 Å². The second-order valence-electron chi connectivity index (χ2n) is 6.98. The molecule has 1 aromatic heterocycles. The Bertz CT molecular complexity index is 858. The number of hydrogen-bond acceptors (Lipinski definition) is 4. The van der Waals surface area contributed by atoms with Crippen molar-refractivity contribution >= 4 is 16.9 Å². The third-order valence-corrected chi connectivity index (χ3v) is 4.27. The average Bonchev–Trinajstić information content (AvgIpc) is 2.63. The van der Waals surface area contributed by atoms with Crippen LogP contribution in [-0.2, 0) is 19.7 Å². The third-order valence-electron chi connectivity index (χ3n) is 4.27. The maximum Gasteiger partial charge on any atom is 0.404 e. The molecule has 0 aliphatic heterocycles. The van der Waals surface area contributed by atoms with Gasteiger partial charge in [0.25, 0.3) is 5.56 Å². The summed E-state index contributed by atoms with van der Waals surface area (Å²) in [5, 5.41) is 22.0. The van der Waals surface area contributed by atoms with Crippen molar-refractivity contribution in [3.05, 3.63) is 39.8 Å². The fraction of sp³-hybridized carbons (Fsp3) is 0.500. The number of unbranched alkanes of at least 4 members (excludes halogenated alkanes) is 1. The van der Waals surface area contributed by atoms with E-state index in [1.165, 1.54) is 0 Å². The first-order chi connectivity index (χ1) is 12.9. The summed E-state index contributed by atoms with van der Waals surface area (Å²) in [5.74, 6) is 0.701. The number of fused-ring (bicyclic) bond motifs is 1. The molecular formula is C20H28N2O5. The van der Waals surface area contributed by atoms with Crippen molar-refractivity contribution in [2.24, 2.45) is 5.92 Å². The molecule has 0 unspecified atom stereocenters. The minimum absolute atomic E-state index is 0.0297. The van der Waals surface area contributed by atoms with Gasteiger partial charge >= 0.3 is 6.09 Å². The Kier molecular flexibility index (Phi) is 7.24. The van der Waals surface area contributed by atoms with Crippen LogP contribution in [0.2, 0.25) is 0 Å². The lowest BCUT2D eigenvalue weighted by Gasteiger charge is -2.21. The van der Waals surface area contributed by atoms with Gasteiger partial charge in [0, 0.05) is 11.9 Å². The van der Waals surface area contributed by atoms with Gasteiger partial charge in [0.15, 0.2) is 0 Å². The summed E-state index contributed by atoms with van der Waals surface area (Å²) in [6.45, 7) is 6.79. The zero-order valence-electron chi connectivity index (χ0n) is 16.1. The van der Waals surface area contributed by atoms with Crippen LogP contribution >= 0.6 is 0 Å². The zero-order chi connectivity index (χ0) is 20.0. The van der Waals surface area contributed by atoms with Crippen molar-refractivity contribution in [1.82, 2.24) is 9.88 Å². The molecule has 27 heavy (non-hydrogen) atoms. The number of carboxylic acid groups (broad SMARTS) is 1. The number of rotatable bonds is 9. The van der Waals surface area contributed by atoms with Gasteiger partial charge in [0.2, 0.25) is 0 Å². The van der Waals surface area contributed by atoms with Gasteiger partial charge in [-0.25, -0.2) is 4.79 Å². The van der Waals surface area contributed by atoms with E-state index in [1.54, 1.807) is 22.8 Å². The van der Waals surface area contributed by atoms with Crippen molar-refractivity contribution in [1.29, 1.82) is 0 Å². The maximum absolute atomic E-state index is 13.1. The fourth-order valence-electron chi connectivity index (χ4n) is 2.98. The Hall–Kier alpha value is -2.54. The Balaban J connectivity index is 2.74. The Morgan fingerprint density at radius 2 is 2.04 bits per heavy atom. The monoisotopic (exact) mass is 376 g/mol. The molecule has 7 heteroatoms. The smallest absolute Gasteiger partial charge is 0.404 e. The summed E-state index contributed by atoms with van der Waals surface area (Å²) in [7, 11) is 0. The lowest BCUT2D eigenvalue weighted by atomic mass is 10.1. The quantitative estimate of drug-likeness (QED) is 0.584. The lowest BCUT2D eigenvalue weighted by Crippen LogP contribution is -2.31. The number of aliphatic hydroxyl groups excluding tert-OH is 1. The zero-order valence-corrected chi connectivity index (χ0v) is 16.1. The Labute approximate surface area is 158 Å². The van der Waals surface area contributed by atoms with E-state index in [-0.39, 0.29) is 24.6 Å². The van der Waals surface area contributed by atoms with Gasteiger partial charge in [-0.2, -0.15) is 0 Å². The summed E-state index contributed by atoms with van der Waals surface area (Å²) < 4.78 is 7.63. The molecule has 0 saturated heterocycles. The van der Waals surface area contributed by atoms with Crippen LogP contribution in [0.25, 0.3) is 10.8 Å². The highest BCUT2D eigenvalue weighted by molar-refractivity contribution is 5.89. The summed E-state index contributed by atoms with van der Waals surface area (Å²) in [4.78, 5) is 24.1. The van der Waals surface area contributed by atoms with E-state index in [0.29, 0.717) is 40.9 Å². The molecule has 0 atom stereocenters. The first-order valence-corrected chi connectivity index (χ1v) is 9.27. The molecule has 1 heterocycles. The van der Waals surface area contributed by atoms with E-state index in [0.717, 1.165) is 12.8 Å². The number of amides is 1. The second-order valence-corrected chi connectivity index (χ2v) is 6.98. The molecule has 2 rings (SSSR count). The highest BCUT2D eigenvalue weighted by atomic mass is 16.5. The van der Waals surface area contributed by atoms with E-state index in [4.69, 9.17) is 9.84 Å². The number of carbonyl (C=O) groups is 1. The molecule has 0 saturated carbocycles. The van der Waals surface area contributed by atoms with Gasteiger partial charge in [-0.3, -0.25) is 4.79 Å². The van der Waals surface area contributed by atoms with Crippen molar-refractivity contribution < 1.29 is 19.7 Å². The molecule has 3 N–H and O–H groups in total. The summed E-state index contributed by atoms with van der Waals surface area (Å²) in [5.41, 5.74) is 0.990. The van der Waals surface area contributed by atoms with Gasteiger partial charge in [-0.05, 0) is 30.0 Å². The highest BCUT2D eigenvalue weighted by Gasteiger charge is 2.19. The van der Waals surface area contributed by atoms with E-state index < -0.39 is 6.09 Å². The number of ether oxygens (including phenoxy) is 1. The molecule has 0 radical (unpaired) electrons. The molecule has 0 fully saturated rings. The molecule has 7 nitrogen and oxygen atoms in total. The topological polar surface area (TPSA) is 101 Å². The van der Waals surface area contributed by atoms with Crippen molar-refractivity contribution in [3.63, 3.8) is 0 Å². The maximum atomic E-state index is 13.1. The van der Waals surface area contributed by atoms with Crippen molar-refractivity contribution in [2.75, 3.05) is 6.61 Å². The Morgan fingerprint density at radius 3 is 2.63 bits per heavy atom. The highest BCUT2D eigenvalue weighted by Crippen LogP contribution is 2.30. The number of nitrogens with one attached hydrogen (secondary N) is 1. The normalized spacial score (nSPS) is 11.1. The molecular weight excluding hydrogens is 348 g/mol. The predicted octanol–water partition coefficient (Wildman–Crippen LogP) is 3.10. The van der Waals surface area contributed by atoms with E-state index >= 15 is 0 Å². The minimum atomic E-state index is -1.16. The predicted molar refractivity (Wildman–Crippen MR) is 104 cm³/mol. The van der Waals surface area contributed by atoms with Crippen LogP contribution in [0.5, 0.6) is 5.75 Å². The third kappa shape index (κ3) is 5.01. The van der Waals surface area contributed by atoms with E-state index in [2.05, 4.69) is 12.2 Å². The van der Waals surface area contributed by atoms with Crippen LogP contribution in [0.1, 0.15) is 44.9 Å². The van der Waals surface area contributed by atoms with Crippen LogP contribution in [-0.4, -0.2) is 27.5 Å². The number of aliphatic hydroxyl groups is 1. The Morgan fingerprint density at radius 1 is 1.30 bits per heavy atom. The van der Waals surface area contributed by atoms with Crippen molar-refractivity contribution in [2.45, 2.75) is 53.3 Å². The number of hydrogen-bond donors (Lipinski definition) is 3. The molecule has 2 aromatic rings. The average molecular weight is 376 g/mol. The molecule has 0 bridgehead atoms. The summed E-state index contributed by atoms with van der Waals surface area (Å²) in [6.07, 6.45) is 0.632. The van der Waals surface area contributed by atoms with Crippen LogP contribution in [0.3, 0.4) is 0 Å². The summed E-state index contributed by atoms with van der Waals surface area (Å²) in [6, 6.07) is 5.15. The van der Waals surface area contributed by atoms with Crippen LogP contribution in [0, 0.1) is 5.92 Å². The van der Waals surface area contributed by atoms with Gasteiger partial charge in [-0.1, -0.05) is 33.3 Å².